The van der Waals surface area contributed by atoms with E-state index in [0.717, 1.165) is 6.42 Å². The molecule has 1 unspecified atom stereocenters. The normalized spacial score (nSPS) is 31.7. The van der Waals surface area contributed by atoms with E-state index in [-0.39, 0.29) is 23.7 Å². The molecule has 0 aliphatic carbocycles. The molecule has 0 aromatic carbocycles. The number of rotatable bonds is 7. The predicted molar refractivity (Wildman–Crippen MR) is 110 cm³/mol. The summed E-state index contributed by atoms with van der Waals surface area (Å²) >= 11 is 0. The van der Waals surface area contributed by atoms with Crippen LogP contribution in [0.4, 0.5) is 0 Å². The van der Waals surface area contributed by atoms with Crippen LogP contribution >= 0.6 is 0 Å². The quantitative estimate of drug-likeness (QED) is 0.360. The zero-order valence-corrected chi connectivity index (χ0v) is 18.1. The molecule has 3 saturated heterocycles. The number of unbranched alkanes of at least 4 members (excludes halogenated alkanes) is 2. The van der Waals surface area contributed by atoms with Crippen molar-refractivity contribution in [3.8, 4) is 0 Å². The highest BCUT2D eigenvalue weighted by Crippen LogP contribution is 2.21. The fourth-order valence-electron chi connectivity index (χ4n) is 4.06. The second-order valence-electron chi connectivity index (χ2n) is 8.60. The van der Waals surface area contributed by atoms with E-state index < -0.39 is 36.0 Å². The number of hydrogen-bond acceptors (Lipinski definition) is 6. The van der Waals surface area contributed by atoms with Gasteiger partial charge in [0.25, 0.3) is 0 Å². The van der Waals surface area contributed by atoms with Crippen molar-refractivity contribution in [2.45, 2.75) is 89.1 Å². The SMILES string of the molecule is C[C@@H]1NC(=O)[C@H]2CCCN2C(=O)[C@@H](CCCCCC(=O)C2CO2)NC(=O)[C@@H](C)NC1=O. The van der Waals surface area contributed by atoms with E-state index in [1.54, 1.807) is 13.8 Å². The number of hydrogen-bond donors (Lipinski definition) is 3. The minimum Gasteiger partial charge on any atom is -0.365 e. The lowest BCUT2D eigenvalue weighted by Crippen LogP contribution is -2.60. The van der Waals surface area contributed by atoms with Crippen molar-refractivity contribution in [1.29, 1.82) is 0 Å². The maximum Gasteiger partial charge on any atom is 0.245 e. The molecule has 3 N–H and O–H groups in total. The van der Waals surface area contributed by atoms with E-state index in [2.05, 4.69) is 16.0 Å². The van der Waals surface area contributed by atoms with Crippen molar-refractivity contribution in [1.82, 2.24) is 20.9 Å². The standard InChI is InChI=1S/C21H32N4O6/c1-12-18(27)22-13(2)19(28)24-14(7-4-3-5-9-16(26)17-11-31-17)21(30)25-10-6-8-15(25)20(29)23-12/h12-15,17H,3-11H2,1-2H3,(H,22,27)(H,23,29)(H,24,28)/t12-,13+,14+,15+,17?/m0/s1. The molecule has 0 aromatic heterocycles. The van der Waals surface area contributed by atoms with Gasteiger partial charge in [0.1, 0.15) is 30.3 Å². The van der Waals surface area contributed by atoms with Gasteiger partial charge < -0.3 is 25.6 Å². The zero-order valence-electron chi connectivity index (χ0n) is 18.1. The maximum absolute atomic E-state index is 13.2. The van der Waals surface area contributed by atoms with Gasteiger partial charge in [0.05, 0.1) is 6.61 Å². The van der Waals surface area contributed by atoms with Crippen LogP contribution < -0.4 is 16.0 Å². The van der Waals surface area contributed by atoms with Crippen LogP contribution in [0, 0.1) is 0 Å². The average molecular weight is 437 g/mol. The fraction of sp³-hybridized carbons (Fsp3) is 0.762. The molecule has 3 aliphatic heterocycles. The molecule has 5 atom stereocenters. The molecule has 0 spiro atoms. The molecule has 0 saturated carbocycles. The molecule has 10 nitrogen and oxygen atoms in total. The van der Waals surface area contributed by atoms with Crippen LogP contribution in [-0.4, -0.2) is 77.7 Å². The van der Waals surface area contributed by atoms with E-state index in [1.165, 1.54) is 4.90 Å². The smallest absolute Gasteiger partial charge is 0.245 e. The average Bonchev–Trinajstić information content (AvgIpc) is 3.47. The number of ketones is 1. The Labute approximate surface area is 181 Å². The number of ether oxygens (including phenoxy) is 1. The van der Waals surface area contributed by atoms with Gasteiger partial charge >= 0.3 is 0 Å². The Kier molecular flexibility index (Phi) is 7.64. The topological polar surface area (TPSA) is 137 Å². The second-order valence-corrected chi connectivity index (χ2v) is 8.60. The van der Waals surface area contributed by atoms with Crippen LogP contribution in [0.15, 0.2) is 0 Å². The third kappa shape index (κ3) is 6.03. The molecule has 3 rings (SSSR count). The summed E-state index contributed by atoms with van der Waals surface area (Å²) in [7, 11) is 0. The van der Waals surface area contributed by atoms with Gasteiger partial charge in [-0.2, -0.15) is 0 Å². The number of Topliss-reactive ketones (excluding diaryl/α,β-unsaturated/α-hetero) is 1. The lowest BCUT2D eigenvalue weighted by molar-refractivity contribution is -0.143. The van der Waals surface area contributed by atoms with Crippen molar-refractivity contribution < 1.29 is 28.7 Å². The van der Waals surface area contributed by atoms with E-state index >= 15 is 0 Å². The monoisotopic (exact) mass is 436 g/mol. The Hall–Kier alpha value is -2.49. The van der Waals surface area contributed by atoms with Gasteiger partial charge in [0.15, 0.2) is 5.78 Å². The molecular formula is C21H32N4O6. The van der Waals surface area contributed by atoms with E-state index in [9.17, 15) is 24.0 Å². The van der Waals surface area contributed by atoms with Crippen LogP contribution in [0.2, 0.25) is 0 Å². The van der Waals surface area contributed by atoms with Gasteiger partial charge in [0, 0.05) is 13.0 Å². The van der Waals surface area contributed by atoms with Crippen LogP contribution in [0.1, 0.15) is 58.8 Å². The van der Waals surface area contributed by atoms with Crippen molar-refractivity contribution in [3.05, 3.63) is 0 Å². The Balaban J connectivity index is 1.65. The first-order valence-corrected chi connectivity index (χ1v) is 11.1. The predicted octanol–water partition coefficient (Wildman–Crippen LogP) is -0.596. The van der Waals surface area contributed by atoms with Gasteiger partial charge in [-0.25, -0.2) is 0 Å². The molecule has 0 bridgehead atoms. The van der Waals surface area contributed by atoms with Gasteiger partial charge in [-0.05, 0) is 39.5 Å². The number of nitrogens with one attached hydrogen (secondary N) is 3. The fourth-order valence-corrected chi connectivity index (χ4v) is 4.06. The number of amides is 4. The summed E-state index contributed by atoms with van der Waals surface area (Å²) in [6.07, 6.45) is 3.92. The first kappa shape index (κ1) is 23.2. The lowest BCUT2D eigenvalue weighted by Gasteiger charge is -2.31. The molecule has 0 aromatic rings. The summed E-state index contributed by atoms with van der Waals surface area (Å²) in [5.41, 5.74) is 0. The Morgan fingerprint density at radius 1 is 0.968 bits per heavy atom. The van der Waals surface area contributed by atoms with Crippen LogP contribution in [-0.2, 0) is 28.7 Å². The summed E-state index contributed by atoms with van der Waals surface area (Å²) in [5.74, 6) is -1.41. The number of carbonyl (C=O) groups is 5. The summed E-state index contributed by atoms with van der Waals surface area (Å²) in [5, 5.41) is 8.00. The highest BCUT2D eigenvalue weighted by molar-refractivity contribution is 5.97. The highest BCUT2D eigenvalue weighted by Gasteiger charge is 2.39. The highest BCUT2D eigenvalue weighted by atomic mass is 16.6. The van der Waals surface area contributed by atoms with Crippen molar-refractivity contribution >= 4 is 29.4 Å². The number of epoxide rings is 1. The molecular weight excluding hydrogens is 404 g/mol. The summed E-state index contributed by atoms with van der Waals surface area (Å²) < 4.78 is 4.98. The third-order valence-corrected chi connectivity index (χ3v) is 6.07. The minimum atomic E-state index is -0.841. The molecule has 3 aliphatic rings. The lowest BCUT2D eigenvalue weighted by atomic mass is 10.0. The summed E-state index contributed by atoms with van der Waals surface area (Å²) in [6, 6.07) is -3.07. The van der Waals surface area contributed by atoms with Crippen LogP contribution in [0.3, 0.4) is 0 Å². The first-order chi connectivity index (χ1) is 14.8. The largest absolute Gasteiger partial charge is 0.365 e. The van der Waals surface area contributed by atoms with Gasteiger partial charge in [-0.3, -0.25) is 24.0 Å². The van der Waals surface area contributed by atoms with Crippen molar-refractivity contribution in [2.75, 3.05) is 13.2 Å². The Morgan fingerprint density at radius 3 is 2.29 bits per heavy atom. The first-order valence-electron chi connectivity index (χ1n) is 11.1. The third-order valence-electron chi connectivity index (χ3n) is 6.07. The molecule has 172 valence electrons. The minimum absolute atomic E-state index is 0.111. The number of carbonyl (C=O) groups excluding carboxylic acids is 5. The van der Waals surface area contributed by atoms with Gasteiger partial charge in [-0.1, -0.05) is 12.8 Å². The van der Waals surface area contributed by atoms with E-state index in [4.69, 9.17) is 4.74 Å². The summed E-state index contributed by atoms with van der Waals surface area (Å²) in [6.45, 7) is 4.04. The maximum atomic E-state index is 13.2. The van der Waals surface area contributed by atoms with E-state index in [0.29, 0.717) is 51.7 Å². The van der Waals surface area contributed by atoms with Crippen LogP contribution in [0.25, 0.3) is 0 Å². The second kappa shape index (κ2) is 10.2. The van der Waals surface area contributed by atoms with Gasteiger partial charge in [0.2, 0.25) is 23.6 Å². The molecule has 4 amide bonds. The molecule has 10 heteroatoms. The molecule has 3 heterocycles. The Bertz CT molecular complexity index is 737. The van der Waals surface area contributed by atoms with Crippen molar-refractivity contribution in [3.63, 3.8) is 0 Å². The summed E-state index contributed by atoms with van der Waals surface area (Å²) in [4.78, 5) is 64.0. The Morgan fingerprint density at radius 2 is 1.61 bits per heavy atom. The number of fused-ring (bicyclic) bond motifs is 1. The zero-order chi connectivity index (χ0) is 22.5. The number of nitrogens with zero attached hydrogens (tertiary/aromatic N) is 1. The molecule has 0 radical (unpaired) electrons. The van der Waals surface area contributed by atoms with Gasteiger partial charge in [-0.15, -0.1) is 0 Å². The molecule has 3 fully saturated rings. The van der Waals surface area contributed by atoms with Crippen LogP contribution in [0.5, 0.6) is 0 Å². The molecule has 31 heavy (non-hydrogen) atoms. The van der Waals surface area contributed by atoms with E-state index in [1.807, 2.05) is 0 Å². The van der Waals surface area contributed by atoms with Crippen molar-refractivity contribution in [2.24, 2.45) is 0 Å².